The average molecular weight is 363 g/mol. The smallest absolute Gasteiger partial charge is 0.180 e. The summed E-state index contributed by atoms with van der Waals surface area (Å²) in [5, 5.41) is 2.51. The molecule has 108 valence electrons. The van der Waals surface area contributed by atoms with Gasteiger partial charge in [0.1, 0.15) is 12.4 Å². The maximum atomic E-state index is 5.91. The number of benzene rings is 2. The number of ether oxygens (including phenoxy) is 1. The van der Waals surface area contributed by atoms with Crippen molar-refractivity contribution in [3.8, 4) is 17.0 Å². The first-order valence-electron chi connectivity index (χ1n) is 6.30. The maximum absolute atomic E-state index is 5.91. The van der Waals surface area contributed by atoms with Crippen LogP contribution in [0.15, 0.2) is 60.0 Å². The van der Waals surface area contributed by atoms with E-state index in [2.05, 4.69) is 4.98 Å². The Kier molecular flexibility index (Phi) is 5.36. The molecular formula is C16H15BrN2OS. The molecule has 1 aromatic heterocycles. The van der Waals surface area contributed by atoms with Gasteiger partial charge in [0.05, 0.1) is 5.69 Å². The summed E-state index contributed by atoms with van der Waals surface area (Å²) in [6.45, 7) is 0.539. The monoisotopic (exact) mass is 362 g/mol. The zero-order valence-corrected chi connectivity index (χ0v) is 13.8. The molecule has 0 saturated carbocycles. The van der Waals surface area contributed by atoms with Crippen LogP contribution in [0.5, 0.6) is 5.75 Å². The van der Waals surface area contributed by atoms with Gasteiger partial charge in [-0.15, -0.1) is 28.3 Å². The number of nitrogens with zero attached hydrogens (tertiary/aromatic N) is 1. The topological polar surface area (TPSA) is 48.1 Å². The van der Waals surface area contributed by atoms with Crippen molar-refractivity contribution in [2.45, 2.75) is 6.61 Å². The van der Waals surface area contributed by atoms with Crippen molar-refractivity contribution in [2.24, 2.45) is 0 Å². The third kappa shape index (κ3) is 3.83. The molecule has 1 heterocycles. The van der Waals surface area contributed by atoms with Gasteiger partial charge < -0.3 is 10.5 Å². The van der Waals surface area contributed by atoms with Crippen LogP contribution < -0.4 is 10.5 Å². The van der Waals surface area contributed by atoms with Crippen LogP contribution in [0.1, 0.15) is 5.56 Å². The molecule has 0 aliphatic carbocycles. The zero-order valence-electron chi connectivity index (χ0n) is 11.2. The second-order valence-electron chi connectivity index (χ2n) is 4.34. The number of anilines is 1. The molecule has 21 heavy (non-hydrogen) atoms. The van der Waals surface area contributed by atoms with Gasteiger partial charge in [-0.1, -0.05) is 42.5 Å². The molecule has 3 nitrogen and oxygen atoms in total. The number of nitrogen functional groups attached to an aromatic ring is 1. The lowest BCUT2D eigenvalue weighted by Crippen LogP contribution is -1.96. The summed E-state index contributed by atoms with van der Waals surface area (Å²) in [5.74, 6) is 0.821. The third-order valence-electron chi connectivity index (χ3n) is 2.92. The van der Waals surface area contributed by atoms with Crippen LogP contribution in [0.25, 0.3) is 11.3 Å². The summed E-state index contributed by atoms with van der Waals surface area (Å²) in [7, 11) is 0. The van der Waals surface area contributed by atoms with Crippen molar-refractivity contribution in [2.75, 3.05) is 5.73 Å². The van der Waals surface area contributed by atoms with E-state index >= 15 is 0 Å². The van der Waals surface area contributed by atoms with Crippen molar-refractivity contribution in [1.29, 1.82) is 0 Å². The molecule has 5 heteroatoms. The molecule has 0 aliphatic rings. The van der Waals surface area contributed by atoms with E-state index in [0.717, 1.165) is 22.6 Å². The molecule has 0 radical (unpaired) electrons. The van der Waals surface area contributed by atoms with Crippen molar-refractivity contribution >= 4 is 33.4 Å². The standard InChI is InChI=1S/C16H14N2OS.BrH/c17-16-18-14(11-20-16)13-8-4-5-9-15(13)19-10-12-6-2-1-3-7-12;/h1-9,11H,10H2,(H2,17,18);1H. The molecule has 0 atom stereocenters. The SMILES string of the molecule is Br.Nc1nc(-c2ccccc2OCc2ccccc2)cs1. The van der Waals surface area contributed by atoms with Gasteiger partial charge in [0.15, 0.2) is 5.13 Å². The third-order valence-corrected chi connectivity index (χ3v) is 3.60. The second-order valence-corrected chi connectivity index (χ2v) is 5.23. The van der Waals surface area contributed by atoms with Crippen LogP contribution in [0, 0.1) is 0 Å². The van der Waals surface area contributed by atoms with Crippen molar-refractivity contribution in [3.63, 3.8) is 0 Å². The molecule has 0 spiro atoms. The molecule has 0 fully saturated rings. The lowest BCUT2D eigenvalue weighted by molar-refractivity contribution is 0.307. The molecule has 3 aromatic rings. The Hall–Kier alpha value is -1.85. The summed E-state index contributed by atoms with van der Waals surface area (Å²) < 4.78 is 5.91. The van der Waals surface area contributed by atoms with Gasteiger partial charge in [0, 0.05) is 10.9 Å². The minimum Gasteiger partial charge on any atom is -0.488 e. The number of rotatable bonds is 4. The Morgan fingerprint density at radius 1 is 1.00 bits per heavy atom. The molecular weight excluding hydrogens is 348 g/mol. The van der Waals surface area contributed by atoms with Crippen LogP contribution in [0.2, 0.25) is 0 Å². The van der Waals surface area contributed by atoms with Gasteiger partial charge >= 0.3 is 0 Å². The van der Waals surface area contributed by atoms with Crippen molar-refractivity contribution in [3.05, 3.63) is 65.5 Å². The highest BCUT2D eigenvalue weighted by molar-refractivity contribution is 8.93. The van der Waals surface area contributed by atoms with E-state index in [1.807, 2.05) is 60.0 Å². The number of aromatic nitrogens is 1. The van der Waals surface area contributed by atoms with Gasteiger partial charge in [-0.3, -0.25) is 0 Å². The molecule has 0 amide bonds. The largest absolute Gasteiger partial charge is 0.488 e. The van der Waals surface area contributed by atoms with Gasteiger partial charge in [-0.2, -0.15) is 0 Å². The van der Waals surface area contributed by atoms with Gasteiger partial charge in [0.25, 0.3) is 0 Å². The second kappa shape index (κ2) is 7.24. The summed E-state index contributed by atoms with van der Waals surface area (Å²) in [6.07, 6.45) is 0. The van der Waals surface area contributed by atoms with E-state index in [9.17, 15) is 0 Å². The van der Waals surface area contributed by atoms with Crippen LogP contribution in [-0.2, 0) is 6.61 Å². The first-order chi connectivity index (χ1) is 9.83. The number of nitrogens with two attached hydrogens (primary N) is 1. The van der Waals surface area contributed by atoms with Gasteiger partial charge in [-0.25, -0.2) is 4.98 Å². The predicted octanol–water partition coefficient (Wildman–Crippen LogP) is 4.55. The summed E-state index contributed by atoms with van der Waals surface area (Å²) in [5.41, 5.74) is 8.66. The van der Waals surface area contributed by atoms with E-state index in [1.165, 1.54) is 11.3 Å². The van der Waals surface area contributed by atoms with E-state index in [1.54, 1.807) is 0 Å². The minimum atomic E-state index is 0. The molecule has 2 N–H and O–H groups in total. The summed E-state index contributed by atoms with van der Waals surface area (Å²) in [6, 6.07) is 18.0. The first-order valence-corrected chi connectivity index (χ1v) is 7.18. The molecule has 0 aliphatic heterocycles. The Labute approximate surface area is 138 Å². The minimum absolute atomic E-state index is 0. The van der Waals surface area contributed by atoms with Crippen LogP contribution in [-0.4, -0.2) is 4.98 Å². The molecule has 0 saturated heterocycles. The van der Waals surface area contributed by atoms with Crippen LogP contribution >= 0.6 is 28.3 Å². The van der Waals surface area contributed by atoms with E-state index in [0.29, 0.717) is 11.7 Å². The summed E-state index contributed by atoms with van der Waals surface area (Å²) >= 11 is 1.43. The van der Waals surface area contributed by atoms with E-state index < -0.39 is 0 Å². The zero-order chi connectivity index (χ0) is 13.8. The normalized spacial score (nSPS) is 9.90. The highest BCUT2D eigenvalue weighted by atomic mass is 79.9. The Morgan fingerprint density at radius 2 is 1.71 bits per heavy atom. The average Bonchev–Trinajstić information content (AvgIpc) is 2.93. The Bertz CT molecular complexity index is 700. The van der Waals surface area contributed by atoms with Crippen LogP contribution in [0.4, 0.5) is 5.13 Å². The van der Waals surface area contributed by atoms with Crippen molar-refractivity contribution < 1.29 is 4.74 Å². The molecule has 0 bridgehead atoms. The number of para-hydroxylation sites is 1. The lowest BCUT2D eigenvalue weighted by Gasteiger charge is -2.10. The fraction of sp³-hybridized carbons (Fsp3) is 0.0625. The molecule has 2 aromatic carbocycles. The number of hydrogen-bond acceptors (Lipinski definition) is 4. The van der Waals surface area contributed by atoms with Crippen molar-refractivity contribution in [1.82, 2.24) is 4.98 Å². The Morgan fingerprint density at radius 3 is 2.43 bits per heavy atom. The quantitative estimate of drug-likeness (QED) is 0.740. The van der Waals surface area contributed by atoms with Crippen LogP contribution in [0.3, 0.4) is 0 Å². The summed E-state index contributed by atoms with van der Waals surface area (Å²) in [4.78, 5) is 4.31. The Balaban J connectivity index is 0.00000161. The molecule has 0 unspecified atom stereocenters. The van der Waals surface area contributed by atoms with Gasteiger partial charge in [0.2, 0.25) is 0 Å². The maximum Gasteiger partial charge on any atom is 0.180 e. The number of hydrogen-bond donors (Lipinski definition) is 1. The predicted molar refractivity (Wildman–Crippen MR) is 93.1 cm³/mol. The van der Waals surface area contributed by atoms with E-state index in [-0.39, 0.29) is 17.0 Å². The fourth-order valence-corrected chi connectivity index (χ4v) is 2.51. The number of thiazole rings is 1. The highest BCUT2D eigenvalue weighted by Crippen LogP contribution is 2.31. The lowest BCUT2D eigenvalue weighted by atomic mass is 10.1. The highest BCUT2D eigenvalue weighted by Gasteiger charge is 2.09. The van der Waals surface area contributed by atoms with E-state index in [4.69, 9.17) is 10.5 Å². The number of halogens is 1. The molecule has 3 rings (SSSR count). The first kappa shape index (κ1) is 15.5. The fourth-order valence-electron chi connectivity index (χ4n) is 1.95. The van der Waals surface area contributed by atoms with Gasteiger partial charge in [-0.05, 0) is 17.7 Å².